The summed E-state index contributed by atoms with van der Waals surface area (Å²) >= 11 is 0. The minimum atomic E-state index is -0.769. The molecule has 2 aromatic rings. The van der Waals surface area contributed by atoms with Crippen molar-refractivity contribution < 1.29 is 13.9 Å². The summed E-state index contributed by atoms with van der Waals surface area (Å²) in [6.07, 6.45) is 2.36. The number of benzene rings is 1. The van der Waals surface area contributed by atoms with Gasteiger partial charge in [-0.2, -0.15) is 5.26 Å². The van der Waals surface area contributed by atoms with E-state index in [0.717, 1.165) is 11.3 Å². The van der Waals surface area contributed by atoms with Crippen molar-refractivity contribution in [1.29, 1.82) is 5.26 Å². The van der Waals surface area contributed by atoms with Gasteiger partial charge in [0.2, 0.25) is 0 Å². The standard InChI is InChI=1S/C17H17NO3/c1-12-5-6-13(10-17(12)20-2)15(11-18)16(19)8-7-14-4-3-9-21-14/h3-6,9-10,15H,7-8H2,1-2H3. The average Bonchev–Trinajstić information content (AvgIpc) is 3.01. The monoisotopic (exact) mass is 283 g/mol. The van der Waals surface area contributed by atoms with Crippen molar-refractivity contribution in [3.8, 4) is 11.8 Å². The van der Waals surface area contributed by atoms with Crippen LogP contribution < -0.4 is 4.74 Å². The van der Waals surface area contributed by atoms with Gasteiger partial charge in [-0.05, 0) is 36.2 Å². The maximum atomic E-state index is 12.2. The van der Waals surface area contributed by atoms with Crippen LogP contribution >= 0.6 is 0 Å². The second kappa shape index (κ2) is 6.76. The average molecular weight is 283 g/mol. The SMILES string of the molecule is COc1cc(C(C#N)C(=O)CCc2ccco2)ccc1C. The van der Waals surface area contributed by atoms with Crippen LogP contribution in [-0.4, -0.2) is 12.9 Å². The first kappa shape index (κ1) is 14.9. The van der Waals surface area contributed by atoms with E-state index in [9.17, 15) is 10.1 Å². The predicted molar refractivity (Wildman–Crippen MR) is 78.1 cm³/mol. The van der Waals surface area contributed by atoms with Crippen molar-refractivity contribution in [3.63, 3.8) is 0 Å². The summed E-state index contributed by atoms with van der Waals surface area (Å²) in [6, 6.07) is 11.1. The van der Waals surface area contributed by atoms with Crippen LogP contribution in [0.5, 0.6) is 5.75 Å². The number of carbonyl (C=O) groups is 1. The van der Waals surface area contributed by atoms with Gasteiger partial charge in [0, 0.05) is 12.8 Å². The van der Waals surface area contributed by atoms with Crippen LogP contribution in [-0.2, 0) is 11.2 Å². The van der Waals surface area contributed by atoms with E-state index in [1.54, 1.807) is 31.6 Å². The highest BCUT2D eigenvalue weighted by Crippen LogP contribution is 2.25. The van der Waals surface area contributed by atoms with Crippen molar-refractivity contribution in [2.75, 3.05) is 7.11 Å². The molecule has 0 fully saturated rings. The Hall–Kier alpha value is -2.54. The molecular weight excluding hydrogens is 266 g/mol. The maximum Gasteiger partial charge on any atom is 0.154 e. The molecule has 108 valence electrons. The van der Waals surface area contributed by atoms with Crippen LogP contribution in [0.4, 0.5) is 0 Å². The maximum absolute atomic E-state index is 12.2. The molecule has 0 amide bonds. The fraction of sp³-hybridized carbons (Fsp3) is 0.294. The zero-order valence-corrected chi connectivity index (χ0v) is 12.1. The third-order valence-electron chi connectivity index (χ3n) is 3.41. The highest BCUT2D eigenvalue weighted by Gasteiger charge is 2.21. The van der Waals surface area contributed by atoms with Crippen LogP contribution in [0.3, 0.4) is 0 Å². The van der Waals surface area contributed by atoms with E-state index in [0.29, 0.717) is 17.7 Å². The van der Waals surface area contributed by atoms with Crippen LogP contribution in [0, 0.1) is 18.3 Å². The largest absolute Gasteiger partial charge is 0.496 e. The van der Waals surface area contributed by atoms with Crippen molar-refractivity contribution in [3.05, 3.63) is 53.5 Å². The summed E-state index contributed by atoms with van der Waals surface area (Å²) < 4.78 is 10.4. The lowest BCUT2D eigenvalue weighted by atomic mass is 9.92. The Bertz CT molecular complexity index is 653. The molecule has 1 aromatic carbocycles. The zero-order chi connectivity index (χ0) is 15.2. The summed E-state index contributed by atoms with van der Waals surface area (Å²) in [5.74, 6) is 0.558. The van der Waals surface area contributed by atoms with Crippen LogP contribution in [0.2, 0.25) is 0 Å². The molecule has 2 rings (SSSR count). The summed E-state index contributed by atoms with van der Waals surface area (Å²) in [6.45, 7) is 1.92. The minimum Gasteiger partial charge on any atom is -0.496 e. The molecule has 0 saturated heterocycles. The number of aryl methyl sites for hydroxylation is 2. The Morgan fingerprint density at radius 1 is 1.43 bits per heavy atom. The van der Waals surface area contributed by atoms with Gasteiger partial charge in [-0.15, -0.1) is 0 Å². The molecule has 0 bridgehead atoms. The fourth-order valence-electron chi connectivity index (χ4n) is 2.19. The molecule has 0 aliphatic rings. The number of nitriles is 1. The molecule has 0 aliphatic heterocycles. The summed E-state index contributed by atoms with van der Waals surface area (Å²) in [5, 5.41) is 9.30. The second-order valence-electron chi connectivity index (χ2n) is 4.84. The van der Waals surface area contributed by atoms with Crippen LogP contribution in [0.15, 0.2) is 41.0 Å². The Balaban J connectivity index is 2.11. The Labute approximate surface area is 124 Å². The number of rotatable bonds is 6. The van der Waals surface area contributed by atoms with E-state index in [1.165, 1.54) is 0 Å². The quantitative estimate of drug-likeness (QED) is 0.815. The fourth-order valence-corrected chi connectivity index (χ4v) is 2.19. The van der Waals surface area contributed by atoms with Gasteiger partial charge in [0.25, 0.3) is 0 Å². The van der Waals surface area contributed by atoms with Gasteiger partial charge in [-0.1, -0.05) is 12.1 Å². The molecule has 0 aliphatic carbocycles. The van der Waals surface area contributed by atoms with E-state index in [-0.39, 0.29) is 12.2 Å². The van der Waals surface area contributed by atoms with Crippen LogP contribution in [0.1, 0.15) is 29.2 Å². The number of hydrogen-bond donors (Lipinski definition) is 0. The zero-order valence-electron chi connectivity index (χ0n) is 12.1. The van der Waals surface area contributed by atoms with E-state index in [1.807, 2.05) is 19.1 Å². The first-order valence-corrected chi connectivity index (χ1v) is 6.75. The van der Waals surface area contributed by atoms with Gasteiger partial charge in [0.15, 0.2) is 5.78 Å². The first-order chi connectivity index (χ1) is 10.2. The third kappa shape index (κ3) is 3.51. The third-order valence-corrected chi connectivity index (χ3v) is 3.41. The molecule has 4 nitrogen and oxygen atoms in total. The number of hydrogen-bond acceptors (Lipinski definition) is 4. The van der Waals surface area contributed by atoms with Crippen molar-refractivity contribution in [1.82, 2.24) is 0 Å². The normalized spacial score (nSPS) is 11.7. The van der Waals surface area contributed by atoms with Gasteiger partial charge in [0.05, 0.1) is 19.4 Å². The molecule has 1 heterocycles. The van der Waals surface area contributed by atoms with E-state index in [2.05, 4.69) is 6.07 Å². The van der Waals surface area contributed by atoms with Gasteiger partial charge in [0.1, 0.15) is 17.4 Å². The predicted octanol–water partition coefficient (Wildman–Crippen LogP) is 3.41. The minimum absolute atomic E-state index is 0.111. The summed E-state index contributed by atoms with van der Waals surface area (Å²) in [7, 11) is 1.58. The number of carbonyl (C=O) groups excluding carboxylic acids is 1. The van der Waals surface area contributed by atoms with Crippen molar-refractivity contribution in [2.24, 2.45) is 0 Å². The lowest BCUT2D eigenvalue weighted by Crippen LogP contribution is -2.12. The number of ether oxygens (including phenoxy) is 1. The van der Waals surface area contributed by atoms with E-state index >= 15 is 0 Å². The molecule has 4 heteroatoms. The van der Waals surface area contributed by atoms with E-state index in [4.69, 9.17) is 9.15 Å². The van der Waals surface area contributed by atoms with Gasteiger partial charge in [-0.3, -0.25) is 4.79 Å². The smallest absolute Gasteiger partial charge is 0.154 e. The molecule has 0 saturated carbocycles. The molecule has 0 spiro atoms. The lowest BCUT2D eigenvalue weighted by Gasteiger charge is -2.11. The number of Topliss-reactive ketones (excluding diaryl/α,β-unsaturated/α-hetero) is 1. The molecule has 1 unspecified atom stereocenters. The Morgan fingerprint density at radius 3 is 2.86 bits per heavy atom. The Kier molecular flexibility index (Phi) is 4.78. The van der Waals surface area contributed by atoms with Gasteiger partial charge < -0.3 is 9.15 Å². The molecule has 0 radical (unpaired) electrons. The molecule has 0 N–H and O–H groups in total. The summed E-state index contributed by atoms with van der Waals surface area (Å²) in [4.78, 5) is 12.2. The number of furan rings is 1. The molecular formula is C17H17NO3. The Morgan fingerprint density at radius 2 is 2.24 bits per heavy atom. The molecule has 1 atom stereocenters. The number of methoxy groups -OCH3 is 1. The van der Waals surface area contributed by atoms with Crippen molar-refractivity contribution in [2.45, 2.75) is 25.7 Å². The highest BCUT2D eigenvalue weighted by atomic mass is 16.5. The number of nitrogens with zero attached hydrogens (tertiary/aromatic N) is 1. The number of ketones is 1. The first-order valence-electron chi connectivity index (χ1n) is 6.75. The molecule has 1 aromatic heterocycles. The lowest BCUT2D eigenvalue weighted by molar-refractivity contribution is -0.119. The highest BCUT2D eigenvalue weighted by molar-refractivity contribution is 5.88. The second-order valence-corrected chi connectivity index (χ2v) is 4.84. The van der Waals surface area contributed by atoms with Crippen LogP contribution in [0.25, 0.3) is 0 Å². The van der Waals surface area contributed by atoms with Gasteiger partial charge in [-0.25, -0.2) is 0 Å². The topological polar surface area (TPSA) is 63.2 Å². The molecule has 21 heavy (non-hydrogen) atoms. The summed E-state index contributed by atoms with van der Waals surface area (Å²) in [5.41, 5.74) is 1.64. The van der Waals surface area contributed by atoms with E-state index < -0.39 is 5.92 Å². The van der Waals surface area contributed by atoms with Gasteiger partial charge >= 0.3 is 0 Å². The van der Waals surface area contributed by atoms with Crippen molar-refractivity contribution >= 4 is 5.78 Å².